The molecule has 0 saturated heterocycles. The second-order valence-corrected chi connectivity index (χ2v) is 9.36. The van der Waals surface area contributed by atoms with Crippen molar-refractivity contribution in [1.82, 2.24) is 36.6 Å². The van der Waals surface area contributed by atoms with Gasteiger partial charge in [0, 0.05) is 18.5 Å². The minimum Gasteiger partial charge on any atom is -0.481 e. The monoisotopic (exact) mass is 526 g/mol. The number of aromatic amines is 1. The van der Waals surface area contributed by atoms with Crippen molar-refractivity contribution in [2.24, 2.45) is 5.92 Å². The summed E-state index contributed by atoms with van der Waals surface area (Å²) in [5, 5.41) is 30.2. The lowest BCUT2D eigenvalue weighted by Gasteiger charge is -2.27. The normalized spacial score (nSPS) is 17.5. The molecule has 1 aliphatic carbocycles. The summed E-state index contributed by atoms with van der Waals surface area (Å²) in [6, 6.07) is 5.47. The number of carboxylic acids is 1. The van der Waals surface area contributed by atoms with Crippen LogP contribution in [0.25, 0.3) is 0 Å². The van der Waals surface area contributed by atoms with Crippen molar-refractivity contribution in [3.8, 4) is 0 Å². The fourth-order valence-corrected chi connectivity index (χ4v) is 4.96. The minimum atomic E-state index is -1.10. The van der Waals surface area contributed by atoms with Crippen LogP contribution in [0.15, 0.2) is 24.3 Å². The first kappa shape index (κ1) is 26.7. The molecule has 1 fully saturated rings. The molecule has 1 aliphatic heterocycles. The Morgan fingerprint density at radius 1 is 1.08 bits per heavy atom. The number of aliphatic carboxylic acids is 1. The first-order chi connectivity index (χ1) is 18.3. The molecule has 14 heteroatoms. The topological polar surface area (TPSA) is 199 Å². The molecule has 1 aromatic heterocycles. The highest BCUT2D eigenvalue weighted by Gasteiger charge is 2.39. The third kappa shape index (κ3) is 6.49. The summed E-state index contributed by atoms with van der Waals surface area (Å²) in [6.45, 7) is -0.346. The predicted octanol–water partition coefficient (Wildman–Crippen LogP) is -0.570. The number of hydrogen-bond acceptors (Lipinski definition) is 8. The molecule has 4 rings (SSSR count). The van der Waals surface area contributed by atoms with Crippen LogP contribution in [0.3, 0.4) is 0 Å². The van der Waals surface area contributed by atoms with Crippen LogP contribution in [0.4, 0.5) is 5.69 Å². The summed E-state index contributed by atoms with van der Waals surface area (Å²) >= 11 is 0. The number of amides is 4. The summed E-state index contributed by atoms with van der Waals surface area (Å²) < 4.78 is 0. The number of rotatable bonds is 11. The highest BCUT2D eigenvalue weighted by molar-refractivity contribution is 6.05. The lowest BCUT2D eigenvalue weighted by molar-refractivity contribution is -0.139. The number of para-hydroxylation sites is 1. The van der Waals surface area contributed by atoms with Gasteiger partial charge < -0.3 is 21.1 Å². The fourth-order valence-electron chi connectivity index (χ4n) is 4.96. The van der Waals surface area contributed by atoms with Crippen LogP contribution in [-0.2, 0) is 36.9 Å². The zero-order valence-corrected chi connectivity index (χ0v) is 20.7. The molecule has 0 bridgehead atoms. The number of tetrazole rings is 1. The molecule has 0 radical (unpaired) electrons. The SMILES string of the molecule is O=C(O)CCC(=O)N[C@H](C(=O)NCC(=O)N1c2ccccc2C[C@H]1C(=O)NCc1nn[nH]n1)C1CCCC1. The second-order valence-electron chi connectivity index (χ2n) is 9.36. The number of fused-ring (bicyclic) bond motifs is 1. The number of benzene rings is 1. The van der Waals surface area contributed by atoms with Gasteiger partial charge in [-0.1, -0.05) is 36.3 Å². The Labute approximate surface area is 217 Å². The molecule has 2 aromatic rings. The van der Waals surface area contributed by atoms with Crippen LogP contribution >= 0.6 is 0 Å². The molecule has 4 amide bonds. The number of aromatic nitrogens is 4. The van der Waals surface area contributed by atoms with E-state index in [9.17, 15) is 24.0 Å². The van der Waals surface area contributed by atoms with Gasteiger partial charge in [-0.15, -0.1) is 10.2 Å². The number of hydrogen-bond donors (Lipinski definition) is 5. The van der Waals surface area contributed by atoms with E-state index in [-0.39, 0.29) is 31.8 Å². The third-order valence-corrected chi connectivity index (χ3v) is 6.81. The Hall–Kier alpha value is -4.36. The largest absolute Gasteiger partial charge is 0.481 e. The highest BCUT2D eigenvalue weighted by Crippen LogP contribution is 2.32. The maximum absolute atomic E-state index is 13.3. The van der Waals surface area contributed by atoms with Crippen LogP contribution in [-0.4, -0.2) is 74.0 Å². The molecule has 2 aliphatic rings. The van der Waals surface area contributed by atoms with Gasteiger partial charge in [0.15, 0.2) is 5.82 Å². The van der Waals surface area contributed by atoms with Gasteiger partial charge >= 0.3 is 5.97 Å². The quantitative estimate of drug-likeness (QED) is 0.254. The molecular weight excluding hydrogens is 496 g/mol. The molecule has 0 spiro atoms. The Kier molecular flexibility index (Phi) is 8.61. The van der Waals surface area contributed by atoms with E-state index in [0.29, 0.717) is 17.9 Å². The number of H-pyrrole nitrogens is 1. The summed E-state index contributed by atoms with van der Waals surface area (Å²) in [6.07, 6.45) is 3.05. The lowest BCUT2D eigenvalue weighted by Crippen LogP contribution is -2.54. The number of carboxylic acid groups (broad SMARTS) is 1. The van der Waals surface area contributed by atoms with E-state index in [1.54, 1.807) is 12.1 Å². The van der Waals surface area contributed by atoms with E-state index in [2.05, 4.69) is 36.6 Å². The molecule has 38 heavy (non-hydrogen) atoms. The zero-order valence-electron chi connectivity index (χ0n) is 20.7. The highest BCUT2D eigenvalue weighted by atomic mass is 16.4. The van der Waals surface area contributed by atoms with Crippen LogP contribution in [0.1, 0.15) is 49.9 Å². The number of carbonyl (C=O) groups is 5. The third-order valence-electron chi connectivity index (χ3n) is 6.81. The van der Waals surface area contributed by atoms with Crippen molar-refractivity contribution in [2.45, 2.75) is 63.6 Å². The van der Waals surface area contributed by atoms with Gasteiger partial charge in [0.2, 0.25) is 23.6 Å². The predicted molar refractivity (Wildman–Crippen MR) is 131 cm³/mol. The van der Waals surface area contributed by atoms with E-state index in [1.165, 1.54) is 4.90 Å². The molecule has 0 unspecified atom stereocenters. The first-order valence-corrected chi connectivity index (χ1v) is 12.5. The lowest BCUT2D eigenvalue weighted by atomic mass is 9.97. The van der Waals surface area contributed by atoms with Gasteiger partial charge in [-0.2, -0.15) is 5.21 Å². The van der Waals surface area contributed by atoms with Crippen LogP contribution in [0, 0.1) is 5.92 Å². The average Bonchev–Trinajstić information content (AvgIpc) is 3.68. The second kappa shape index (κ2) is 12.3. The van der Waals surface area contributed by atoms with Crippen LogP contribution in [0.2, 0.25) is 0 Å². The first-order valence-electron chi connectivity index (χ1n) is 12.5. The van der Waals surface area contributed by atoms with Gasteiger partial charge in [0.1, 0.15) is 12.1 Å². The number of nitrogens with zero attached hydrogens (tertiary/aromatic N) is 4. The number of nitrogens with one attached hydrogen (secondary N) is 4. The van der Waals surface area contributed by atoms with Gasteiger partial charge in [0.25, 0.3) is 0 Å². The maximum Gasteiger partial charge on any atom is 0.303 e. The Morgan fingerprint density at radius 3 is 2.55 bits per heavy atom. The summed E-state index contributed by atoms with van der Waals surface area (Å²) in [5.41, 5.74) is 1.40. The van der Waals surface area contributed by atoms with Crippen molar-refractivity contribution >= 4 is 35.3 Å². The van der Waals surface area contributed by atoms with E-state index >= 15 is 0 Å². The van der Waals surface area contributed by atoms with Gasteiger partial charge in [0.05, 0.1) is 19.5 Å². The van der Waals surface area contributed by atoms with E-state index in [4.69, 9.17) is 5.11 Å². The van der Waals surface area contributed by atoms with E-state index in [1.807, 2.05) is 12.1 Å². The summed E-state index contributed by atoms with van der Waals surface area (Å²) in [7, 11) is 0. The fraction of sp³-hybridized carbons (Fsp3) is 0.500. The van der Waals surface area contributed by atoms with Crippen molar-refractivity contribution in [2.75, 3.05) is 11.4 Å². The maximum atomic E-state index is 13.3. The van der Waals surface area contributed by atoms with Crippen LogP contribution < -0.4 is 20.9 Å². The Balaban J connectivity index is 1.41. The van der Waals surface area contributed by atoms with Gasteiger partial charge in [-0.05, 0) is 30.4 Å². The molecule has 2 atom stereocenters. The zero-order chi connectivity index (χ0) is 27.1. The minimum absolute atomic E-state index is 0.0333. The summed E-state index contributed by atoms with van der Waals surface area (Å²) in [5.74, 6) is -2.84. The standard InChI is InChI=1S/C24H30N8O6/c33-19(9-10-21(35)36)27-22(14-5-1-2-6-14)24(38)26-13-20(34)32-16-8-4-3-7-15(16)11-17(32)23(37)25-12-18-28-30-31-29-18/h3-4,7-8,14,17,22H,1-2,5-6,9-13H2,(H,25,37)(H,26,38)(H,27,33)(H,35,36)(H,28,29,30,31)/t17-,22-/m0/s1. The number of anilines is 1. The van der Waals surface area contributed by atoms with Crippen molar-refractivity contribution in [3.05, 3.63) is 35.7 Å². The molecule has 202 valence electrons. The van der Waals surface area contributed by atoms with E-state index < -0.39 is 41.7 Å². The molecular formula is C24H30N8O6. The Bertz CT molecular complexity index is 1180. The molecule has 1 aromatic carbocycles. The van der Waals surface area contributed by atoms with Crippen molar-refractivity contribution in [3.63, 3.8) is 0 Å². The molecule has 14 nitrogen and oxygen atoms in total. The van der Waals surface area contributed by atoms with Gasteiger partial charge in [-0.25, -0.2) is 0 Å². The van der Waals surface area contributed by atoms with Crippen molar-refractivity contribution in [1.29, 1.82) is 0 Å². The Morgan fingerprint density at radius 2 is 1.84 bits per heavy atom. The van der Waals surface area contributed by atoms with Crippen LogP contribution in [0.5, 0.6) is 0 Å². The van der Waals surface area contributed by atoms with Crippen molar-refractivity contribution < 1.29 is 29.1 Å². The average molecular weight is 527 g/mol. The van der Waals surface area contributed by atoms with Gasteiger partial charge in [-0.3, -0.25) is 28.9 Å². The number of carbonyl (C=O) groups excluding carboxylic acids is 4. The molecule has 1 saturated carbocycles. The molecule has 2 heterocycles. The molecule has 5 N–H and O–H groups in total. The smallest absolute Gasteiger partial charge is 0.303 e. The van der Waals surface area contributed by atoms with E-state index in [0.717, 1.165) is 31.2 Å². The summed E-state index contributed by atoms with van der Waals surface area (Å²) in [4.78, 5) is 63.9.